The minimum absolute atomic E-state index is 0.0181. The topological polar surface area (TPSA) is 77.6 Å². The van der Waals surface area contributed by atoms with Crippen LogP contribution in [-0.2, 0) is 4.79 Å². The predicted molar refractivity (Wildman–Crippen MR) is 112 cm³/mol. The van der Waals surface area contributed by atoms with Gasteiger partial charge in [-0.3, -0.25) is 14.5 Å². The van der Waals surface area contributed by atoms with Gasteiger partial charge < -0.3 is 15.5 Å². The SMILES string of the molecule is CC(C)NC(=O)CN1CCN(C(=O)c2csc(Nc3ccccc3Cl)n2)CC1. The van der Waals surface area contributed by atoms with E-state index in [4.69, 9.17) is 11.6 Å². The standard InChI is InChI=1S/C19H24ClN5O2S/c1-13(2)21-17(26)11-24-7-9-25(10-8-24)18(27)16-12-28-19(23-16)22-15-6-4-3-5-14(15)20/h3-6,12-13H,7-11H2,1-2H3,(H,21,26)(H,22,23). The van der Waals surface area contributed by atoms with Gasteiger partial charge in [0.15, 0.2) is 5.13 Å². The molecule has 7 nitrogen and oxygen atoms in total. The van der Waals surface area contributed by atoms with E-state index < -0.39 is 0 Å². The summed E-state index contributed by atoms with van der Waals surface area (Å²) in [5, 5.41) is 9.02. The molecule has 0 saturated carbocycles. The second kappa shape index (κ2) is 9.36. The number of para-hydroxylation sites is 1. The summed E-state index contributed by atoms with van der Waals surface area (Å²) < 4.78 is 0. The van der Waals surface area contributed by atoms with Crippen molar-refractivity contribution < 1.29 is 9.59 Å². The van der Waals surface area contributed by atoms with Gasteiger partial charge in [0.05, 0.1) is 17.3 Å². The van der Waals surface area contributed by atoms with Gasteiger partial charge in [0, 0.05) is 37.6 Å². The summed E-state index contributed by atoms with van der Waals surface area (Å²) in [7, 11) is 0. The van der Waals surface area contributed by atoms with Crippen LogP contribution in [0.25, 0.3) is 0 Å². The Labute approximate surface area is 173 Å². The Kier molecular flexibility index (Phi) is 6.88. The lowest BCUT2D eigenvalue weighted by Gasteiger charge is -2.34. The Morgan fingerprint density at radius 2 is 1.93 bits per heavy atom. The van der Waals surface area contributed by atoms with E-state index in [1.165, 1.54) is 11.3 Å². The van der Waals surface area contributed by atoms with Gasteiger partial charge in [-0.1, -0.05) is 23.7 Å². The molecule has 9 heteroatoms. The van der Waals surface area contributed by atoms with Crippen LogP contribution in [0.5, 0.6) is 0 Å². The second-order valence-electron chi connectivity index (χ2n) is 6.93. The fourth-order valence-electron chi connectivity index (χ4n) is 2.95. The molecule has 0 bridgehead atoms. The third-order valence-corrected chi connectivity index (χ3v) is 5.40. The summed E-state index contributed by atoms with van der Waals surface area (Å²) in [6.45, 7) is 6.76. The molecular weight excluding hydrogens is 398 g/mol. The summed E-state index contributed by atoms with van der Waals surface area (Å²) in [5.74, 6) is -0.0701. The van der Waals surface area contributed by atoms with E-state index in [0.29, 0.717) is 48.6 Å². The van der Waals surface area contributed by atoms with Crippen molar-refractivity contribution >= 4 is 45.6 Å². The fraction of sp³-hybridized carbons (Fsp3) is 0.421. The third kappa shape index (κ3) is 5.43. The minimum Gasteiger partial charge on any atom is -0.353 e. The van der Waals surface area contributed by atoms with Gasteiger partial charge in [-0.2, -0.15) is 0 Å². The average molecular weight is 422 g/mol. The normalized spacial score (nSPS) is 14.9. The van der Waals surface area contributed by atoms with Crippen molar-refractivity contribution in [2.45, 2.75) is 19.9 Å². The molecule has 2 N–H and O–H groups in total. The number of amides is 2. The molecule has 0 atom stereocenters. The van der Waals surface area contributed by atoms with Crippen LogP contribution in [-0.4, -0.2) is 65.4 Å². The third-order valence-electron chi connectivity index (χ3n) is 4.32. The molecule has 2 aromatic rings. The molecule has 2 heterocycles. The van der Waals surface area contributed by atoms with Gasteiger partial charge in [-0.15, -0.1) is 11.3 Å². The van der Waals surface area contributed by atoms with Crippen LogP contribution in [0.1, 0.15) is 24.3 Å². The second-order valence-corrected chi connectivity index (χ2v) is 8.20. The Bertz CT molecular complexity index is 833. The molecule has 1 aliphatic rings. The van der Waals surface area contributed by atoms with Crippen LogP contribution in [0, 0.1) is 0 Å². The molecule has 1 fully saturated rings. The zero-order valence-corrected chi connectivity index (χ0v) is 17.5. The molecule has 1 aliphatic heterocycles. The van der Waals surface area contributed by atoms with Gasteiger partial charge >= 0.3 is 0 Å². The Hall–Kier alpha value is -2.16. The summed E-state index contributed by atoms with van der Waals surface area (Å²) in [6.07, 6.45) is 0. The maximum atomic E-state index is 12.7. The molecule has 0 aliphatic carbocycles. The largest absolute Gasteiger partial charge is 0.353 e. The number of carbonyl (C=O) groups is 2. The lowest BCUT2D eigenvalue weighted by molar-refractivity contribution is -0.123. The molecule has 2 amide bonds. The van der Waals surface area contributed by atoms with E-state index in [1.54, 1.807) is 16.3 Å². The van der Waals surface area contributed by atoms with Gasteiger partial charge in [0.2, 0.25) is 5.91 Å². The first kappa shape index (κ1) is 20.6. The number of aromatic nitrogens is 1. The highest BCUT2D eigenvalue weighted by Crippen LogP contribution is 2.27. The fourth-order valence-corrected chi connectivity index (χ4v) is 3.83. The molecule has 0 unspecified atom stereocenters. The van der Waals surface area contributed by atoms with E-state index in [1.807, 2.05) is 32.0 Å². The molecule has 28 heavy (non-hydrogen) atoms. The lowest BCUT2D eigenvalue weighted by atomic mass is 10.2. The van der Waals surface area contributed by atoms with Crippen molar-refractivity contribution in [2.24, 2.45) is 0 Å². The highest BCUT2D eigenvalue weighted by atomic mass is 35.5. The molecule has 0 radical (unpaired) electrons. The number of nitrogens with zero attached hydrogens (tertiary/aromatic N) is 3. The van der Waals surface area contributed by atoms with Crippen LogP contribution in [0.4, 0.5) is 10.8 Å². The highest BCUT2D eigenvalue weighted by Gasteiger charge is 2.25. The number of carbonyl (C=O) groups excluding carboxylic acids is 2. The minimum atomic E-state index is -0.0882. The lowest BCUT2D eigenvalue weighted by Crippen LogP contribution is -2.51. The van der Waals surface area contributed by atoms with E-state index in [9.17, 15) is 9.59 Å². The zero-order valence-electron chi connectivity index (χ0n) is 15.9. The number of anilines is 2. The Balaban J connectivity index is 1.52. The van der Waals surface area contributed by atoms with Gasteiger partial charge in [0.25, 0.3) is 5.91 Å². The van der Waals surface area contributed by atoms with Crippen molar-refractivity contribution in [3.63, 3.8) is 0 Å². The molecule has 1 aromatic carbocycles. The van der Waals surface area contributed by atoms with Crippen LogP contribution >= 0.6 is 22.9 Å². The maximum Gasteiger partial charge on any atom is 0.273 e. The van der Waals surface area contributed by atoms with E-state index in [0.717, 1.165) is 5.69 Å². The molecule has 1 aromatic heterocycles. The van der Waals surface area contributed by atoms with E-state index in [-0.39, 0.29) is 17.9 Å². The molecule has 150 valence electrons. The number of thiazole rings is 1. The van der Waals surface area contributed by atoms with Crippen LogP contribution < -0.4 is 10.6 Å². The van der Waals surface area contributed by atoms with E-state index in [2.05, 4.69) is 20.5 Å². The van der Waals surface area contributed by atoms with Gasteiger partial charge in [-0.25, -0.2) is 4.98 Å². The van der Waals surface area contributed by atoms with Gasteiger partial charge in [-0.05, 0) is 26.0 Å². The van der Waals surface area contributed by atoms with Crippen molar-refractivity contribution in [3.8, 4) is 0 Å². The van der Waals surface area contributed by atoms with Crippen LogP contribution in [0.15, 0.2) is 29.6 Å². The smallest absolute Gasteiger partial charge is 0.273 e. The number of hydrogen-bond acceptors (Lipinski definition) is 6. The average Bonchev–Trinajstić information content (AvgIpc) is 3.11. The summed E-state index contributed by atoms with van der Waals surface area (Å²) in [6, 6.07) is 7.53. The monoisotopic (exact) mass is 421 g/mol. The number of benzene rings is 1. The maximum absolute atomic E-state index is 12.7. The van der Waals surface area contributed by atoms with Crippen LogP contribution in [0.3, 0.4) is 0 Å². The Morgan fingerprint density at radius 1 is 1.21 bits per heavy atom. The summed E-state index contributed by atoms with van der Waals surface area (Å²) >= 11 is 7.52. The quantitative estimate of drug-likeness (QED) is 0.749. The molecule has 1 saturated heterocycles. The number of rotatable bonds is 6. The first-order valence-corrected chi connectivity index (χ1v) is 10.5. The van der Waals surface area contributed by atoms with Crippen LogP contribution in [0.2, 0.25) is 5.02 Å². The number of piperazine rings is 1. The van der Waals surface area contributed by atoms with Crippen molar-refractivity contribution in [1.29, 1.82) is 0 Å². The molecular formula is C19H24ClN5O2S. The molecule has 0 spiro atoms. The van der Waals surface area contributed by atoms with Crippen molar-refractivity contribution in [1.82, 2.24) is 20.1 Å². The zero-order chi connectivity index (χ0) is 20.1. The van der Waals surface area contributed by atoms with Crippen molar-refractivity contribution in [2.75, 3.05) is 38.0 Å². The Morgan fingerprint density at radius 3 is 2.61 bits per heavy atom. The predicted octanol–water partition coefficient (Wildman–Crippen LogP) is 2.82. The van der Waals surface area contributed by atoms with Gasteiger partial charge in [0.1, 0.15) is 5.69 Å². The summed E-state index contributed by atoms with van der Waals surface area (Å²) in [5.41, 5.74) is 1.18. The number of halogens is 1. The highest BCUT2D eigenvalue weighted by molar-refractivity contribution is 7.14. The first-order chi connectivity index (χ1) is 13.4. The van der Waals surface area contributed by atoms with Crippen molar-refractivity contribution in [3.05, 3.63) is 40.4 Å². The molecule has 3 rings (SSSR count). The number of nitrogens with one attached hydrogen (secondary N) is 2. The summed E-state index contributed by atoms with van der Waals surface area (Å²) in [4.78, 5) is 32.8. The first-order valence-electron chi connectivity index (χ1n) is 9.20. The number of hydrogen-bond donors (Lipinski definition) is 2. The van der Waals surface area contributed by atoms with E-state index >= 15 is 0 Å².